The molecule has 1 unspecified atom stereocenters. The van der Waals surface area contributed by atoms with Gasteiger partial charge in [-0.25, -0.2) is 9.97 Å². The SMILES string of the molecule is COCCn1cnc2ncc(C#Cc3cccc(C(O)C(=O)c4ccccc4)c3-c3ccc4cc[nH]c4c3)cc2c1=O. The maximum absolute atomic E-state index is 13.3. The van der Waals surface area contributed by atoms with Gasteiger partial charge in [0.25, 0.3) is 5.56 Å². The Morgan fingerprint density at radius 1 is 1.02 bits per heavy atom. The van der Waals surface area contributed by atoms with E-state index in [4.69, 9.17) is 4.74 Å². The van der Waals surface area contributed by atoms with Crippen molar-refractivity contribution in [1.82, 2.24) is 19.5 Å². The van der Waals surface area contributed by atoms with E-state index in [2.05, 4.69) is 26.8 Å². The number of aromatic nitrogens is 4. The number of ether oxygens (including phenoxy) is 1. The quantitative estimate of drug-likeness (QED) is 0.215. The molecule has 0 amide bonds. The molecule has 0 saturated heterocycles. The molecular formula is C34H26N4O4. The van der Waals surface area contributed by atoms with Gasteiger partial charge < -0.3 is 14.8 Å². The molecule has 0 fully saturated rings. The highest BCUT2D eigenvalue weighted by Gasteiger charge is 2.24. The second kappa shape index (κ2) is 11.6. The van der Waals surface area contributed by atoms with Gasteiger partial charge in [-0.1, -0.05) is 66.4 Å². The van der Waals surface area contributed by atoms with Gasteiger partial charge in [-0.3, -0.25) is 14.2 Å². The van der Waals surface area contributed by atoms with Crippen LogP contribution in [0.3, 0.4) is 0 Å². The van der Waals surface area contributed by atoms with E-state index in [9.17, 15) is 14.7 Å². The zero-order valence-corrected chi connectivity index (χ0v) is 22.7. The number of aliphatic hydroxyl groups is 1. The number of methoxy groups -OCH3 is 1. The fourth-order valence-electron chi connectivity index (χ4n) is 4.94. The number of H-pyrrole nitrogens is 1. The van der Waals surface area contributed by atoms with E-state index in [0.717, 1.165) is 16.5 Å². The van der Waals surface area contributed by atoms with Gasteiger partial charge in [-0.15, -0.1) is 0 Å². The molecule has 0 bridgehead atoms. The number of hydrogen-bond donors (Lipinski definition) is 2. The van der Waals surface area contributed by atoms with Crippen molar-refractivity contribution < 1.29 is 14.6 Å². The van der Waals surface area contributed by atoms with Gasteiger partial charge in [0.05, 0.1) is 18.5 Å². The highest BCUT2D eigenvalue weighted by Crippen LogP contribution is 2.34. The van der Waals surface area contributed by atoms with E-state index in [0.29, 0.717) is 52.0 Å². The van der Waals surface area contributed by atoms with E-state index < -0.39 is 11.9 Å². The van der Waals surface area contributed by atoms with Gasteiger partial charge in [0.1, 0.15) is 12.4 Å². The number of carbonyl (C=O) groups is 1. The number of fused-ring (bicyclic) bond motifs is 2. The van der Waals surface area contributed by atoms with Crippen molar-refractivity contribution >= 4 is 27.7 Å². The van der Waals surface area contributed by atoms with Gasteiger partial charge in [0.2, 0.25) is 0 Å². The zero-order valence-electron chi connectivity index (χ0n) is 22.7. The summed E-state index contributed by atoms with van der Waals surface area (Å²) in [6.07, 6.45) is 3.49. The molecule has 6 aromatic rings. The Morgan fingerprint density at radius 3 is 2.71 bits per heavy atom. The summed E-state index contributed by atoms with van der Waals surface area (Å²) < 4.78 is 6.57. The number of rotatable bonds is 7. The molecular weight excluding hydrogens is 528 g/mol. The van der Waals surface area contributed by atoms with Gasteiger partial charge >= 0.3 is 0 Å². The smallest absolute Gasteiger partial charge is 0.262 e. The predicted molar refractivity (Wildman–Crippen MR) is 161 cm³/mol. The van der Waals surface area contributed by atoms with Crippen LogP contribution in [0.1, 0.15) is 33.2 Å². The van der Waals surface area contributed by atoms with E-state index in [1.165, 1.54) is 10.9 Å². The zero-order chi connectivity index (χ0) is 29.1. The van der Waals surface area contributed by atoms with Crippen LogP contribution in [0, 0.1) is 11.8 Å². The van der Waals surface area contributed by atoms with Crippen LogP contribution in [-0.2, 0) is 11.3 Å². The minimum absolute atomic E-state index is 0.224. The second-order valence-corrected chi connectivity index (χ2v) is 9.76. The molecule has 206 valence electrons. The first-order valence-electron chi connectivity index (χ1n) is 13.4. The average Bonchev–Trinajstić information content (AvgIpc) is 3.51. The molecule has 8 nitrogen and oxygen atoms in total. The first kappa shape index (κ1) is 26.8. The third kappa shape index (κ3) is 5.22. The van der Waals surface area contributed by atoms with Crippen LogP contribution in [0.4, 0.5) is 0 Å². The lowest BCUT2D eigenvalue weighted by atomic mass is 9.88. The number of pyridine rings is 1. The van der Waals surface area contributed by atoms with Crippen LogP contribution in [0.15, 0.2) is 102 Å². The van der Waals surface area contributed by atoms with Crippen LogP contribution >= 0.6 is 0 Å². The van der Waals surface area contributed by atoms with Crippen molar-refractivity contribution in [3.63, 3.8) is 0 Å². The molecule has 0 saturated carbocycles. The lowest BCUT2D eigenvalue weighted by Gasteiger charge is -2.17. The van der Waals surface area contributed by atoms with Crippen molar-refractivity contribution in [2.45, 2.75) is 12.6 Å². The largest absolute Gasteiger partial charge is 0.383 e. The van der Waals surface area contributed by atoms with Gasteiger partial charge in [-0.2, -0.15) is 0 Å². The maximum atomic E-state index is 13.3. The van der Waals surface area contributed by atoms with Gasteiger partial charge in [0.15, 0.2) is 11.4 Å². The number of nitrogens with one attached hydrogen (secondary N) is 1. The predicted octanol–water partition coefficient (Wildman–Crippen LogP) is 4.90. The van der Waals surface area contributed by atoms with Crippen molar-refractivity contribution in [3.8, 4) is 23.0 Å². The van der Waals surface area contributed by atoms with Gasteiger partial charge in [-0.05, 0) is 40.8 Å². The number of benzene rings is 3. The minimum atomic E-state index is -1.40. The molecule has 3 heterocycles. The van der Waals surface area contributed by atoms with E-state index in [-0.39, 0.29) is 5.56 Å². The fraction of sp³-hybridized carbons (Fsp3) is 0.118. The Hall–Kier alpha value is -5.36. The van der Waals surface area contributed by atoms with E-state index in [1.54, 1.807) is 55.8 Å². The molecule has 8 heteroatoms. The molecule has 42 heavy (non-hydrogen) atoms. The summed E-state index contributed by atoms with van der Waals surface area (Å²) in [6, 6.07) is 23.6. The van der Waals surface area contributed by atoms with Crippen molar-refractivity contribution in [2.75, 3.05) is 13.7 Å². The van der Waals surface area contributed by atoms with Crippen LogP contribution in [0.25, 0.3) is 33.1 Å². The lowest BCUT2D eigenvalue weighted by Crippen LogP contribution is -2.23. The highest BCUT2D eigenvalue weighted by molar-refractivity contribution is 6.01. The Bertz CT molecular complexity index is 2050. The molecule has 0 aliphatic carbocycles. The average molecular weight is 555 g/mol. The summed E-state index contributed by atoms with van der Waals surface area (Å²) in [5, 5.41) is 12.7. The van der Waals surface area contributed by atoms with E-state index >= 15 is 0 Å². The Kier molecular flexibility index (Phi) is 7.43. The highest BCUT2D eigenvalue weighted by atomic mass is 16.5. The van der Waals surface area contributed by atoms with Crippen LogP contribution in [-0.4, -0.2) is 44.1 Å². The minimum Gasteiger partial charge on any atom is -0.383 e. The standard InChI is InChI=1S/C34H26N4O4/c1-42-17-16-38-21-37-33-28(34(38)41)18-22(20-36-33)10-11-24-8-5-9-27(32(40)31(39)25-6-3-2-4-7-25)30(24)26-13-12-23-14-15-35-29(23)19-26/h2-9,12-15,18-21,32,35,40H,16-17H2,1H3. The number of hydrogen-bond acceptors (Lipinski definition) is 6. The Morgan fingerprint density at radius 2 is 1.88 bits per heavy atom. The summed E-state index contributed by atoms with van der Waals surface area (Å²) >= 11 is 0. The number of ketones is 1. The molecule has 0 aliphatic rings. The first-order valence-corrected chi connectivity index (χ1v) is 13.4. The van der Waals surface area contributed by atoms with Crippen LogP contribution in [0.2, 0.25) is 0 Å². The Labute approximate surface area is 241 Å². The van der Waals surface area contributed by atoms with Crippen molar-refractivity contribution in [2.24, 2.45) is 0 Å². The third-order valence-corrected chi connectivity index (χ3v) is 7.10. The Balaban J connectivity index is 1.46. The van der Waals surface area contributed by atoms with Crippen LogP contribution < -0.4 is 5.56 Å². The van der Waals surface area contributed by atoms with Gasteiger partial charge in [0, 0.05) is 47.3 Å². The summed E-state index contributed by atoms with van der Waals surface area (Å²) in [7, 11) is 1.57. The molecule has 1 atom stereocenters. The topological polar surface area (TPSA) is 110 Å². The summed E-state index contributed by atoms with van der Waals surface area (Å²) in [5.41, 5.74) is 4.48. The van der Waals surface area contributed by atoms with Crippen molar-refractivity contribution in [1.29, 1.82) is 0 Å². The molecule has 3 aromatic heterocycles. The maximum Gasteiger partial charge on any atom is 0.262 e. The summed E-state index contributed by atoms with van der Waals surface area (Å²) in [4.78, 5) is 38.1. The molecule has 0 spiro atoms. The number of Topliss-reactive ketones (excluding diaryl/α,β-unsaturated/α-hetero) is 1. The number of aromatic amines is 1. The normalized spacial score (nSPS) is 11.8. The monoisotopic (exact) mass is 554 g/mol. The summed E-state index contributed by atoms with van der Waals surface area (Å²) in [5.74, 6) is 5.93. The second-order valence-electron chi connectivity index (χ2n) is 9.76. The fourth-order valence-corrected chi connectivity index (χ4v) is 4.94. The molecule has 6 rings (SSSR count). The summed E-state index contributed by atoms with van der Waals surface area (Å²) in [6.45, 7) is 0.756. The van der Waals surface area contributed by atoms with Crippen LogP contribution in [0.5, 0.6) is 0 Å². The molecule has 2 N–H and O–H groups in total. The van der Waals surface area contributed by atoms with Crippen molar-refractivity contribution in [3.05, 3.63) is 130 Å². The number of aliphatic hydroxyl groups excluding tert-OH is 1. The molecule has 3 aromatic carbocycles. The molecule has 0 radical (unpaired) electrons. The lowest BCUT2D eigenvalue weighted by molar-refractivity contribution is 0.0748. The first-order chi connectivity index (χ1) is 20.5. The number of carbonyl (C=O) groups excluding carboxylic acids is 1. The third-order valence-electron chi connectivity index (χ3n) is 7.10. The van der Waals surface area contributed by atoms with E-state index in [1.807, 2.05) is 42.6 Å². The number of nitrogens with zero attached hydrogens (tertiary/aromatic N) is 3. The molecule has 0 aliphatic heterocycles.